The average Bonchev–Trinajstić information content (AvgIpc) is 2.60. The first-order valence-corrected chi connectivity index (χ1v) is 4.34. The molecule has 0 spiro atoms. The summed E-state index contributed by atoms with van der Waals surface area (Å²) in [5.74, 6) is 0.610. The van der Waals surface area contributed by atoms with Gasteiger partial charge in [0, 0.05) is 6.04 Å². The fourth-order valence-corrected chi connectivity index (χ4v) is 2.07. The van der Waals surface area contributed by atoms with Crippen molar-refractivity contribution in [1.29, 1.82) is 0 Å². The second-order valence-corrected chi connectivity index (χ2v) is 3.46. The molecule has 66 valence electrons. The minimum atomic E-state index is -0.0545. The molecule has 3 heteroatoms. The zero-order chi connectivity index (χ0) is 8.55. The molecule has 0 amide bonds. The van der Waals surface area contributed by atoms with Crippen molar-refractivity contribution in [1.82, 2.24) is 5.32 Å². The smallest absolute Gasteiger partial charge is 0.311 e. The Morgan fingerprint density at radius 3 is 3.08 bits per heavy atom. The number of rotatable bonds is 3. The Hall–Kier alpha value is -0.830. The molecule has 2 heterocycles. The predicted molar refractivity (Wildman–Crippen MR) is 44.5 cm³/mol. The highest BCUT2D eigenvalue weighted by molar-refractivity contribution is 5.75. The van der Waals surface area contributed by atoms with Crippen molar-refractivity contribution in [3.63, 3.8) is 0 Å². The topological polar surface area (TPSA) is 38.3 Å². The number of carbonyl (C=O) groups is 1. The van der Waals surface area contributed by atoms with E-state index in [0.717, 1.165) is 13.0 Å². The van der Waals surface area contributed by atoms with Crippen molar-refractivity contribution >= 4 is 5.97 Å². The molecule has 0 aromatic heterocycles. The zero-order valence-electron chi connectivity index (χ0n) is 6.95. The van der Waals surface area contributed by atoms with Gasteiger partial charge in [-0.15, -0.1) is 0 Å². The van der Waals surface area contributed by atoms with Crippen LogP contribution < -0.4 is 5.32 Å². The van der Waals surface area contributed by atoms with Gasteiger partial charge in [-0.25, -0.2) is 0 Å². The number of nitrogens with one attached hydrogen (secondary N) is 1. The van der Waals surface area contributed by atoms with Crippen LogP contribution in [0.25, 0.3) is 0 Å². The Morgan fingerprint density at radius 2 is 2.58 bits per heavy atom. The summed E-state index contributed by atoms with van der Waals surface area (Å²) in [4.78, 5) is 11.3. The number of hydrogen-bond acceptors (Lipinski definition) is 3. The van der Waals surface area contributed by atoms with Gasteiger partial charge in [-0.1, -0.05) is 12.7 Å². The number of ether oxygens (including phenoxy) is 1. The van der Waals surface area contributed by atoms with Gasteiger partial charge in [0.2, 0.25) is 0 Å². The van der Waals surface area contributed by atoms with E-state index >= 15 is 0 Å². The molecule has 1 saturated carbocycles. The van der Waals surface area contributed by atoms with E-state index in [1.807, 2.05) is 0 Å². The van der Waals surface area contributed by atoms with Crippen molar-refractivity contribution in [3.8, 4) is 0 Å². The summed E-state index contributed by atoms with van der Waals surface area (Å²) in [5.41, 5.74) is 0. The molecule has 3 atom stereocenters. The molecule has 12 heavy (non-hydrogen) atoms. The van der Waals surface area contributed by atoms with Gasteiger partial charge in [-0.2, -0.15) is 0 Å². The maximum absolute atomic E-state index is 11.3. The molecule has 1 N–H and O–H groups in total. The fourth-order valence-electron chi connectivity index (χ4n) is 2.07. The largest absolute Gasteiger partial charge is 0.461 e. The van der Waals surface area contributed by atoms with Crippen LogP contribution in [0.5, 0.6) is 0 Å². The SMILES string of the molecule is C=CCOC(=O)C1C2CNC1C2. The highest BCUT2D eigenvalue weighted by Crippen LogP contribution is 2.40. The van der Waals surface area contributed by atoms with Gasteiger partial charge in [0.1, 0.15) is 6.61 Å². The lowest BCUT2D eigenvalue weighted by molar-refractivity contribution is -0.152. The minimum Gasteiger partial charge on any atom is -0.461 e. The standard InChI is InChI=1S/C9H13NO2/c1-2-3-12-9(11)8-6-4-7(8)10-5-6/h2,6-8,10H,1,3-5H2. The molecular formula is C9H13NO2. The zero-order valence-corrected chi connectivity index (χ0v) is 6.95. The summed E-state index contributed by atoms with van der Waals surface area (Å²) >= 11 is 0. The lowest BCUT2D eigenvalue weighted by atomic mass is 9.74. The van der Waals surface area contributed by atoms with Crippen LogP contribution in [0, 0.1) is 11.8 Å². The Kier molecular flexibility index (Phi) is 1.89. The molecule has 3 unspecified atom stereocenters. The number of hydrogen-bond donors (Lipinski definition) is 1. The van der Waals surface area contributed by atoms with E-state index in [-0.39, 0.29) is 11.9 Å². The maximum Gasteiger partial charge on any atom is 0.311 e. The first-order valence-electron chi connectivity index (χ1n) is 4.34. The molecule has 2 bridgehead atoms. The molecule has 1 aliphatic carbocycles. The summed E-state index contributed by atoms with van der Waals surface area (Å²) in [7, 11) is 0. The van der Waals surface area contributed by atoms with Gasteiger partial charge in [-0.05, 0) is 18.9 Å². The Labute approximate surface area is 71.8 Å². The lowest BCUT2D eigenvalue weighted by Crippen LogP contribution is -2.43. The Bertz CT molecular complexity index is 201. The van der Waals surface area contributed by atoms with E-state index in [1.165, 1.54) is 0 Å². The molecule has 0 radical (unpaired) electrons. The summed E-state index contributed by atoms with van der Waals surface area (Å²) < 4.78 is 4.98. The van der Waals surface area contributed by atoms with Crippen molar-refractivity contribution in [3.05, 3.63) is 12.7 Å². The van der Waals surface area contributed by atoms with Gasteiger partial charge >= 0.3 is 5.97 Å². The van der Waals surface area contributed by atoms with E-state index in [2.05, 4.69) is 11.9 Å². The van der Waals surface area contributed by atoms with E-state index in [1.54, 1.807) is 6.08 Å². The number of carbonyl (C=O) groups excluding carboxylic acids is 1. The quantitative estimate of drug-likeness (QED) is 0.486. The van der Waals surface area contributed by atoms with E-state index < -0.39 is 0 Å². The maximum atomic E-state index is 11.3. The van der Waals surface area contributed by atoms with Crippen LogP contribution in [0.4, 0.5) is 0 Å². The monoisotopic (exact) mass is 167 g/mol. The summed E-state index contributed by atoms with van der Waals surface area (Å²) in [6.45, 7) is 4.82. The van der Waals surface area contributed by atoms with Crippen LogP contribution in [-0.2, 0) is 9.53 Å². The highest BCUT2D eigenvalue weighted by atomic mass is 16.5. The minimum absolute atomic E-state index is 0.0545. The Balaban J connectivity index is 1.85. The molecule has 2 saturated heterocycles. The van der Waals surface area contributed by atoms with E-state index in [9.17, 15) is 4.79 Å². The lowest BCUT2D eigenvalue weighted by Gasteiger charge is -2.31. The van der Waals surface area contributed by atoms with Crippen molar-refractivity contribution in [2.75, 3.05) is 13.2 Å². The number of fused-ring (bicyclic) bond motifs is 1. The van der Waals surface area contributed by atoms with Crippen LogP contribution >= 0.6 is 0 Å². The third-order valence-electron chi connectivity index (χ3n) is 2.76. The summed E-state index contributed by atoms with van der Waals surface area (Å²) in [6.07, 6.45) is 2.75. The van der Waals surface area contributed by atoms with Gasteiger partial charge in [-0.3, -0.25) is 4.79 Å². The third kappa shape index (κ3) is 1.05. The van der Waals surface area contributed by atoms with Crippen LogP contribution in [0.1, 0.15) is 6.42 Å². The normalized spacial score (nSPS) is 37.2. The van der Waals surface area contributed by atoms with Crippen molar-refractivity contribution in [2.45, 2.75) is 12.5 Å². The summed E-state index contributed by atoms with van der Waals surface area (Å²) in [6, 6.07) is 0.396. The Morgan fingerprint density at radius 1 is 1.75 bits per heavy atom. The van der Waals surface area contributed by atoms with Gasteiger partial charge in [0.05, 0.1) is 5.92 Å². The second-order valence-electron chi connectivity index (χ2n) is 3.46. The van der Waals surface area contributed by atoms with Crippen LogP contribution in [0.3, 0.4) is 0 Å². The van der Waals surface area contributed by atoms with Crippen LogP contribution in [0.2, 0.25) is 0 Å². The number of esters is 1. The molecule has 3 rings (SSSR count). The molecule has 3 nitrogen and oxygen atoms in total. The average molecular weight is 167 g/mol. The highest BCUT2D eigenvalue weighted by Gasteiger charge is 2.51. The second kappa shape index (κ2) is 2.90. The summed E-state index contributed by atoms with van der Waals surface area (Å²) in [5, 5.41) is 3.27. The molecule has 2 aliphatic heterocycles. The molecule has 3 aliphatic rings. The molecule has 0 aromatic carbocycles. The van der Waals surface area contributed by atoms with Gasteiger partial charge in [0.25, 0.3) is 0 Å². The van der Waals surface area contributed by atoms with Crippen LogP contribution in [-0.4, -0.2) is 25.2 Å². The molecular weight excluding hydrogens is 154 g/mol. The predicted octanol–water partition coefficient (Wildman–Crippen LogP) is 0.324. The third-order valence-corrected chi connectivity index (χ3v) is 2.76. The van der Waals surface area contributed by atoms with Crippen molar-refractivity contribution in [2.24, 2.45) is 11.8 Å². The molecule has 3 fully saturated rings. The molecule has 0 aromatic rings. The van der Waals surface area contributed by atoms with Crippen LogP contribution in [0.15, 0.2) is 12.7 Å². The van der Waals surface area contributed by atoms with Gasteiger partial charge in [0.15, 0.2) is 0 Å². The fraction of sp³-hybridized carbons (Fsp3) is 0.667. The first kappa shape index (κ1) is 7.80. The van der Waals surface area contributed by atoms with E-state index in [4.69, 9.17) is 4.74 Å². The van der Waals surface area contributed by atoms with E-state index in [0.29, 0.717) is 18.6 Å². The first-order chi connectivity index (χ1) is 5.83. The van der Waals surface area contributed by atoms with Crippen molar-refractivity contribution < 1.29 is 9.53 Å². The van der Waals surface area contributed by atoms with Gasteiger partial charge < -0.3 is 10.1 Å².